The van der Waals surface area contributed by atoms with Crippen molar-refractivity contribution in [3.8, 4) is 27.7 Å². The number of likely N-dealkylation sites (N-methyl/N-ethyl adjacent to an activating group) is 1. The summed E-state index contributed by atoms with van der Waals surface area (Å²) in [5.74, 6) is -5.65. The number of aliphatic hydroxyl groups is 2. The van der Waals surface area contributed by atoms with Gasteiger partial charge in [-0.05, 0) is 59.5 Å². The number of amides is 6. The molecule has 6 amide bonds. The molecule has 1 unspecified atom stereocenters. The summed E-state index contributed by atoms with van der Waals surface area (Å²) < 4.78 is 43.8. The lowest BCUT2D eigenvalue weighted by Crippen LogP contribution is -2.62. The van der Waals surface area contributed by atoms with E-state index in [-0.39, 0.29) is 112 Å². The lowest BCUT2D eigenvalue weighted by atomic mass is 9.85. The van der Waals surface area contributed by atoms with E-state index in [1.54, 1.807) is 50.4 Å². The van der Waals surface area contributed by atoms with Crippen LogP contribution >= 0.6 is 57.1 Å². The van der Waals surface area contributed by atoms with Crippen molar-refractivity contribution in [1.29, 1.82) is 0 Å². The summed E-state index contributed by atoms with van der Waals surface area (Å²) in [5, 5.41) is 70.8. The summed E-state index contributed by atoms with van der Waals surface area (Å²) in [6, 6.07) is 0.119. The first-order valence-electron chi connectivity index (χ1n) is 32.7. The summed E-state index contributed by atoms with van der Waals surface area (Å²) in [4.78, 5) is 135. The third-order valence-electron chi connectivity index (χ3n) is 18.0. The second-order valence-corrected chi connectivity index (χ2v) is 30.0. The highest BCUT2D eigenvalue weighted by molar-refractivity contribution is 8.14. The molecule has 12 bridgehead atoms. The molecule has 2 fully saturated rings. The molecule has 0 radical (unpaired) electrons. The molecule has 2 saturated heterocycles. The average molecular weight is 1510 g/mol. The molecule has 0 aliphatic carbocycles. The Labute approximate surface area is 607 Å². The number of aliphatic hydroxyl groups excluding tert-OH is 1. The van der Waals surface area contributed by atoms with Crippen LogP contribution in [0, 0.1) is 0 Å². The number of ether oxygens (including phenoxy) is 7. The molecule has 1 aromatic carbocycles. The van der Waals surface area contributed by atoms with Gasteiger partial charge in [0.1, 0.15) is 114 Å². The molecular formula is C65H73N15O18S5. The van der Waals surface area contributed by atoms with Gasteiger partial charge in [-0.3, -0.25) is 29.1 Å². The molecule has 0 spiro atoms. The Morgan fingerprint density at radius 2 is 1.57 bits per heavy atom. The number of carbonyl (C=O) groups is 7. The Morgan fingerprint density at radius 3 is 2.32 bits per heavy atom. The van der Waals surface area contributed by atoms with Crippen LogP contribution in [0.5, 0.6) is 5.75 Å². The molecular weight excluding hydrogens is 1440 g/mol. The molecule has 11 atom stereocenters. The average Bonchev–Trinajstić information content (AvgIpc) is 1.65. The van der Waals surface area contributed by atoms with Gasteiger partial charge in [-0.25, -0.2) is 39.3 Å². The third kappa shape index (κ3) is 15.3. The maximum atomic E-state index is 15.2. The largest absolute Gasteiger partial charge is 0.506 e. The number of nitrogens with one attached hydrogen (secondary N) is 6. The van der Waals surface area contributed by atoms with Gasteiger partial charge < -0.3 is 90.5 Å². The Hall–Kier alpha value is -8.64. The molecule has 6 aromatic heterocycles. The fourth-order valence-electron chi connectivity index (χ4n) is 13.1. The van der Waals surface area contributed by atoms with Gasteiger partial charge in [0.05, 0.1) is 62.3 Å². The molecule has 0 saturated carbocycles. The number of nitrogens with zero attached hydrogens (tertiary/aromatic N) is 9. The summed E-state index contributed by atoms with van der Waals surface area (Å²) in [7, 11) is 4.88. The van der Waals surface area contributed by atoms with Crippen molar-refractivity contribution < 1.29 is 87.2 Å². The molecule has 103 heavy (non-hydrogen) atoms. The standard InChI is InChI=1S/C65H73N15O18S5/c1-28(81)44-56(86)76-45(29(2)92-7)59-72-39(27-102-59)55(85)77-48-50-51(98-42-18-65(4,90)52(78(5)6)30(3)97-42)63(88)95-20-31-9-8-10-40-43(31)34(21-94-50)49(80(40)91)62(87)96-22-35(69-53(83)37-26-103-61(48)73-37)58-70-36(24-101-58)46-33(57-71-38(25-100-57)54(84)75-44)17-41(82)47(74-46)60-68-32(23-99-60)19-67-64(89)66-11-12-79-13-15-93-16-14-79/h8-10,17,24-28,30,32,35,42,44,48,50-52,81-82,90-91H,11-16,18-23H2,1-7H3,(H,69,83)(H,75,84)(H,76,86)(H,77,85)(H2,66,67,89)/b45-29+/t28-,30+,32?,35+,42+,44+,48+,50+,51+,52-,65+/m1/s1. The van der Waals surface area contributed by atoms with Crippen molar-refractivity contribution >= 4 is 120 Å². The predicted octanol–water partition coefficient (Wildman–Crippen LogP) is 3.53. The number of hydrogen-bond acceptors (Lipinski definition) is 31. The zero-order chi connectivity index (χ0) is 72.7. The number of allylic oxidation sites excluding steroid dienone is 1. The van der Waals surface area contributed by atoms with Gasteiger partial charge in [-0.1, -0.05) is 12.1 Å². The van der Waals surface area contributed by atoms with Crippen molar-refractivity contribution in [1.82, 2.24) is 71.4 Å². The summed E-state index contributed by atoms with van der Waals surface area (Å²) in [6.07, 6.45) is -7.46. The minimum absolute atomic E-state index is 0.00196. The number of rotatable bonds is 11. The smallest absolute Gasteiger partial charge is 0.358 e. The maximum absolute atomic E-state index is 15.2. The van der Waals surface area contributed by atoms with Crippen molar-refractivity contribution in [3.63, 3.8) is 0 Å². The van der Waals surface area contributed by atoms with E-state index in [0.29, 0.717) is 47.4 Å². The number of fused-ring (bicyclic) bond motifs is 15. The van der Waals surface area contributed by atoms with Crippen molar-refractivity contribution in [3.05, 3.63) is 106 Å². The van der Waals surface area contributed by atoms with E-state index in [1.807, 2.05) is 0 Å². The lowest BCUT2D eigenvalue weighted by Gasteiger charge is -2.48. The zero-order valence-corrected chi connectivity index (χ0v) is 60.5. The van der Waals surface area contributed by atoms with E-state index in [4.69, 9.17) is 53.1 Å². The zero-order valence-electron chi connectivity index (χ0n) is 56.4. The normalized spacial score (nSPS) is 26.0. The van der Waals surface area contributed by atoms with Gasteiger partial charge in [0.2, 0.25) is 5.91 Å². The Bertz CT molecular complexity index is 4500. The van der Waals surface area contributed by atoms with E-state index in [0.717, 1.165) is 58.4 Å². The van der Waals surface area contributed by atoms with E-state index in [2.05, 4.69) is 46.8 Å². The van der Waals surface area contributed by atoms with Crippen LogP contribution in [0.15, 0.2) is 56.5 Å². The van der Waals surface area contributed by atoms with Crippen LogP contribution < -0.4 is 31.9 Å². The number of urea groups is 1. The van der Waals surface area contributed by atoms with Crippen molar-refractivity contribution in [2.45, 2.75) is 114 Å². The van der Waals surface area contributed by atoms with Crippen LogP contribution in [0.3, 0.4) is 0 Å². The fourth-order valence-corrected chi connectivity index (χ4v) is 17.5. The number of methoxy groups -OCH3 is 1. The summed E-state index contributed by atoms with van der Waals surface area (Å²) in [6.45, 7) is 8.41. The first-order valence-corrected chi connectivity index (χ1v) is 37.2. The van der Waals surface area contributed by atoms with Gasteiger partial charge in [0.15, 0.2) is 18.1 Å². The minimum Gasteiger partial charge on any atom is -0.506 e. The molecule has 13 rings (SSSR count). The first kappa shape index (κ1) is 72.7. The maximum Gasteiger partial charge on any atom is 0.358 e. The number of pyridine rings is 1. The number of thiazole rings is 4. The molecule has 33 nitrogen and oxygen atoms in total. The van der Waals surface area contributed by atoms with E-state index in [1.165, 1.54) is 61.0 Å². The predicted molar refractivity (Wildman–Crippen MR) is 375 cm³/mol. The Morgan fingerprint density at radius 1 is 0.874 bits per heavy atom. The van der Waals surface area contributed by atoms with Crippen molar-refractivity contribution in [2.24, 2.45) is 4.99 Å². The molecule has 10 N–H and O–H groups in total. The number of benzene rings is 1. The van der Waals surface area contributed by atoms with Crippen molar-refractivity contribution in [2.75, 3.05) is 79.5 Å². The summed E-state index contributed by atoms with van der Waals surface area (Å²) in [5.41, 5.74) is -1.88. The fraction of sp³-hybridized carbons (Fsp3) is 0.462. The van der Waals surface area contributed by atoms with Gasteiger partial charge in [-0.2, -0.15) is 4.73 Å². The van der Waals surface area contributed by atoms with Gasteiger partial charge >= 0.3 is 18.0 Å². The third-order valence-corrected chi connectivity index (χ3v) is 22.8. The number of aromatic nitrogens is 6. The Balaban J connectivity index is 0.935. The highest BCUT2D eigenvalue weighted by atomic mass is 32.2. The van der Waals surface area contributed by atoms with E-state index in [9.17, 15) is 34.9 Å². The number of carbonyl (C=O) groups excluding carboxylic acids is 7. The van der Waals surface area contributed by atoms with Crippen LogP contribution in [0.1, 0.15) is 120 Å². The molecule has 7 aromatic rings. The second-order valence-electron chi connectivity index (χ2n) is 25.5. The van der Waals surface area contributed by atoms with E-state index >= 15 is 19.2 Å². The molecule has 12 heterocycles. The highest BCUT2D eigenvalue weighted by Gasteiger charge is 2.50. The van der Waals surface area contributed by atoms with Gasteiger partial charge in [0.25, 0.3) is 17.7 Å². The van der Waals surface area contributed by atoms with Gasteiger partial charge in [0, 0.05) is 82.9 Å². The van der Waals surface area contributed by atoms with Crippen LogP contribution in [-0.4, -0.2) is 241 Å². The highest BCUT2D eigenvalue weighted by Crippen LogP contribution is 2.42. The number of aromatic hydroxyl groups is 1. The minimum atomic E-state index is -1.90. The monoisotopic (exact) mass is 1510 g/mol. The SMILES string of the molecule is CO/C(C)=C1/NC(=O)[C@H]([C@@H](C)O)NC(=O)c2csc(n2)-c2cc(O)c(C3=NC(CNC(=O)NCCN4CCOCC4)CS3)nc2-c2csc(n2)[C@@H]2COC(=O)c3c4c5c(cccc5n3O)COC(=O)[C@@H](O[C@H]3C[C@](C)(O)[C@H](N(C)C)[C@H](C)O3)[C@@H](OC4)[C@H](NC(=O)c3csc1n3)c1nc(cs1)C(=O)N2. The first-order chi connectivity index (χ1) is 49.4. The molecule has 6 aliphatic heterocycles. The number of hydrogen-bond donors (Lipinski definition) is 10. The number of esters is 2. The van der Waals surface area contributed by atoms with Crippen LogP contribution in [0.4, 0.5) is 4.79 Å². The quantitative estimate of drug-likeness (QED) is 0.0503. The van der Waals surface area contributed by atoms with Crippen LogP contribution in [-0.2, 0) is 56.0 Å². The van der Waals surface area contributed by atoms with E-state index < -0.39 is 128 Å². The Kier molecular flexibility index (Phi) is 21.6. The molecule has 38 heteroatoms. The molecule has 546 valence electrons. The second kappa shape index (κ2) is 30.6. The van der Waals surface area contributed by atoms with Crippen LogP contribution in [0.2, 0.25) is 0 Å². The number of aliphatic imine (C=N–C) groups is 1. The number of cyclic esters (lactones) is 2. The van der Waals surface area contributed by atoms with Crippen LogP contribution in [0.25, 0.3) is 38.6 Å². The lowest BCUT2D eigenvalue weighted by molar-refractivity contribution is -0.280. The number of thioether (sulfide) groups is 1. The summed E-state index contributed by atoms with van der Waals surface area (Å²) >= 11 is 5.04. The topological polar surface area (TPSA) is 425 Å². The molecule has 6 aliphatic rings. The van der Waals surface area contributed by atoms with Gasteiger partial charge in [-0.15, -0.1) is 57.1 Å². The number of morpholine rings is 1.